The van der Waals surface area contributed by atoms with Crippen molar-refractivity contribution in [3.63, 3.8) is 0 Å². The van der Waals surface area contributed by atoms with Gasteiger partial charge in [-0.05, 0) is 32.3 Å². The molecule has 3 heterocycles. The van der Waals surface area contributed by atoms with E-state index in [-0.39, 0.29) is 12.6 Å². The molecule has 1 atom stereocenters. The number of pyridine rings is 1. The summed E-state index contributed by atoms with van der Waals surface area (Å²) in [6, 6.07) is 2.24. The van der Waals surface area contributed by atoms with Gasteiger partial charge in [0.05, 0.1) is 29.1 Å². The van der Waals surface area contributed by atoms with E-state index in [1.807, 2.05) is 17.8 Å². The molecule has 0 spiro atoms. The van der Waals surface area contributed by atoms with Gasteiger partial charge in [-0.25, -0.2) is 4.98 Å². The predicted octanol–water partition coefficient (Wildman–Crippen LogP) is 2.87. The van der Waals surface area contributed by atoms with Crippen molar-refractivity contribution < 1.29 is 9.84 Å². The van der Waals surface area contributed by atoms with Crippen LogP contribution in [0.4, 0.5) is 5.69 Å². The number of aromatic nitrogens is 3. The third-order valence-corrected chi connectivity index (χ3v) is 4.55. The number of hydrogen-bond donors (Lipinski definition) is 2. The van der Waals surface area contributed by atoms with Crippen LogP contribution in [0.2, 0.25) is 5.15 Å². The molecule has 0 radical (unpaired) electrons. The van der Waals surface area contributed by atoms with Gasteiger partial charge < -0.3 is 15.2 Å². The van der Waals surface area contributed by atoms with Crippen LogP contribution in [0.5, 0.6) is 0 Å². The fourth-order valence-electron chi connectivity index (χ4n) is 2.87. The Morgan fingerprint density at radius 2 is 2.19 bits per heavy atom. The minimum atomic E-state index is 0.107. The molecule has 6 nitrogen and oxygen atoms in total. The Bertz CT molecular complexity index is 790. The summed E-state index contributed by atoms with van der Waals surface area (Å²) in [6.45, 7) is 3.69. The first-order valence-corrected chi connectivity index (χ1v) is 9.20. The molecule has 26 heavy (non-hydrogen) atoms. The van der Waals surface area contributed by atoms with E-state index in [4.69, 9.17) is 21.4 Å². The van der Waals surface area contributed by atoms with E-state index in [0.29, 0.717) is 17.6 Å². The van der Waals surface area contributed by atoms with Gasteiger partial charge in [0.1, 0.15) is 5.15 Å². The third kappa shape index (κ3) is 4.98. The second-order valence-corrected chi connectivity index (χ2v) is 6.80. The van der Waals surface area contributed by atoms with Crippen molar-refractivity contribution in [2.45, 2.75) is 38.3 Å². The van der Waals surface area contributed by atoms with Gasteiger partial charge in [0.25, 0.3) is 0 Å². The maximum absolute atomic E-state index is 9.08. The molecule has 0 amide bonds. The largest absolute Gasteiger partial charge is 0.396 e. The standard InChI is InChI=1S/C19H23ClN4O2/c1-14(4-7-25)23-18-10-19(20)21-12-16(18)3-2-15-11-22-24(13-15)17-5-8-26-9-6-17/h10-14,17,25H,4-9H2,1H3,(H,21,23)/t14-/m0/s1. The van der Waals surface area contributed by atoms with Crippen LogP contribution in [-0.2, 0) is 4.74 Å². The Morgan fingerprint density at radius 3 is 2.96 bits per heavy atom. The van der Waals surface area contributed by atoms with E-state index in [2.05, 4.69) is 27.2 Å². The Balaban J connectivity index is 1.76. The first-order valence-electron chi connectivity index (χ1n) is 8.82. The van der Waals surface area contributed by atoms with E-state index >= 15 is 0 Å². The lowest BCUT2D eigenvalue weighted by Crippen LogP contribution is -2.19. The number of hydrogen-bond acceptors (Lipinski definition) is 5. The van der Waals surface area contributed by atoms with Crippen LogP contribution < -0.4 is 5.32 Å². The van der Waals surface area contributed by atoms with E-state index in [1.165, 1.54) is 0 Å². The summed E-state index contributed by atoms with van der Waals surface area (Å²) < 4.78 is 7.38. The summed E-state index contributed by atoms with van der Waals surface area (Å²) >= 11 is 6.01. The summed E-state index contributed by atoms with van der Waals surface area (Å²) in [5.74, 6) is 6.29. The summed E-state index contributed by atoms with van der Waals surface area (Å²) in [7, 11) is 0. The van der Waals surface area contributed by atoms with Gasteiger partial charge in [0.15, 0.2) is 0 Å². The normalized spacial score (nSPS) is 16.0. The van der Waals surface area contributed by atoms with Crippen LogP contribution >= 0.6 is 11.6 Å². The fourth-order valence-corrected chi connectivity index (χ4v) is 3.03. The molecule has 0 saturated carbocycles. The first-order chi connectivity index (χ1) is 12.7. The SMILES string of the molecule is C[C@@H](CCO)Nc1cc(Cl)ncc1C#Cc1cnn(C2CCOCC2)c1. The summed E-state index contributed by atoms with van der Waals surface area (Å²) in [4.78, 5) is 4.12. The molecule has 0 bridgehead atoms. The monoisotopic (exact) mass is 374 g/mol. The second-order valence-electron chi connectivity index (χ2n) is 6.41. The zero-order valence-electron chi connectivity index (χ0n) is 14.8. The van der Waals surface area contributed by atoms with E-state index in [1.54, 1.807) is 18.5 Å². The highest BCUT2D eigenvalue weighted by Gasteiger charge is 2.16. The summed E-state index contributed by atoms with van der Waals surface area (Å²) in [5.41, 5.74) is 2.44. The molecule has 2 aromatic heterocycles. The molecule has 2 aromatic rings. The van der Waals surface area contributed by atoms with Crippen LogP contribution in [0, 0.1) is 11.8 Å². The average molecular weight is 375 g/mol. The van der Waals surface area contributed by atoms with Gasteiger partial charge in [-0.2, -0.15) is 5.10 Å². The van der Waals surface area contributed by atoms with Crippen molar-refractivity contribution in [1.29, 1.82) is 0 Å². The lowest BCUT2D eigenvalue weighted by molar-refractivity contribution is 0.0662. The lowest BCUT2D eigenvalue weighted by Gasteiger charge is -2.22. The van der Waals surface area contributed by atoms with Crippen molar-refractivity contribution in [3.8, 4) is 11.8 Å². The van der Waals surface area contributed by atoms with Gasteiger partial charge >= 0.3 is 0 Å². The highest BCUT2D eigenvalue weighted by atomic mass is 35.5. The Labute approximate surface area is 158 Å². The van der Waals surface area contributed by atoms with Gasteiger partial charge in [0.2, 0.25) is 0 Å². The molecule has 1 aliphatic rings. The van der Waals surface area contributed by atoms with Gasteiger partial charge in [-0.1, -0.05) is 23.4 Å². The minimum Gasteiger partial charge on any atom is -0.396 e. The highest BCUT2D eigenvalue weighted by molar-refractivity contribution is 6.29. The highest BCUT2D eigenvalue weighted by Crippen LogP contribution is 2.21. The number of anilines is 1. The molecule has 3 rings (SSSR count). The molecule has 138 valence electrons. The predicted molar refractivity (Wildman–Crippen MR) is 101 cm³/mol. The molecule has 7 heteroatoms. The van der Waals surface area contributed by atoms with Crippen molar-refractivity contribution in [1.82, 2.24) is 14.8 Å². The number of rotatable bonds is 5. The molecule has 0 aromatic carbocycles. The zero-order valence-corrected chi connectivity index (χ0v) is 15.5. The molecular weight excluding hydrogens is 352 g/mol. The number of halogens is 1. The smallest absolute Gasteiger partial charge is 0.131 e. The van der Waals surface area contributed by atoms with Gasteiger partial charge in [0, 0.05) is 38.3 Å². The van der Waals surface area contributed by atoms with E-state index in [9.17, 15) is 0 Å². The number of ether oxygens (including phenoxy) is 1. The second kappa shape index (κ2) is 9.04. The minimum absolute atomic E-state index is 0.107. The average Bonchev–Trinajstić information content (AvgIpc) is 3.11. The quantitative estimate of drug-likeness (QED) is 0.622. The molecular formula is C19H23ClN4O2. The van der Waals surface area contributed by atoms with Crippen LogP contribution in [0.15, 0.2) is 24.7 Å². The lowest BCUT2D eigenvalue weighted by atomic mass is 10.1. The zero-order chi connectivity index (χ0) is 18.4. The van der Waals surface area contributed by atoms with E-state index in [0.717, 1.165) is 42.9 Å². The maximum Gasteiger partial charge on any atom is 0.131 e. The van der Waals surface area contributed by atoms with Crippen molar-refractivity contribution >= 4 is 17.3 Å². The van der Waals surface area contributed by atoms with Crippen LogP contribution in [-0.4, -0.2) is 45.7 Å². The Morgan fingerprint density at radius 1 is 1.38 bits per heavy atom. The molecule has 1 fully saturated rings. The van der Waals surface area contributed by atoms with E-state index < -0.39 is 0 Å². The molecule has 0 aliphatic carbocycles. The van der Waals surface area contributed by atoms with Crippen LogP contribution in [0.25, 0.3) is 0 Å². The summed E-state index contributed by atoms with van der Waals surface area (Å²) in [6.07, 6.45) is 8.02. The third-order valence-electron chi connectivity index (χ3n) is 4.34. The Kier molecular flexibility index (Phi) is 6.51. The first kappa shape index (κ1) is 18.7. The van der Waals surface area contributed by atoms with Gasteiger partial charge in [-0.15, -0.1) is 0 Å². The number of nitrogens with one attached hydrogen (secondary N) is 1. The topological polar surface area (TPSA) is 72.2 Å². The summed E-state index contributed by atoms with van der Waals surface area (Å²) in [5, 5.41) is 17.2. The Hall–Kier alpha value is -2.07. The number of aliphatic hydroxyl groups is 1. The molecule has 1 saturated heterocycles. The van der Waals surface area contributed by atoms with Crippen LogP contribution in [0.1, 0.15) is 43.4 Å². The number of aliphatic hydroxyl groups excluding tert-OH is 1. The van der Waals surface area contributed by atoms with Gasteiger partial charge in [-0.3, -0.25) is 4.68 Å². The van der Waals surface area contributed by atoms with Crippen molar-refractivity contribution in [2.75, 3.05) is 25.1 Å². The molecule has 0 unspecified atom stereocenters. The maximum atomic E-state index is 9.08. The molecule has 1 aliphatic heterocycles. The number of nitrogens with zero attached hydrogens (tertiary/aromatic N) is 3. The fraction of sp³-hybridized carbons (Fsp3) is 0.474. The van der Waals surface area contributed by atoms with Crippen molar-refractivity contribution in [2.24, 2.45) is 0 Å². The van der Waals surface area contributed by atoms with Crippen molar-refractivity contribution in [3.05, 3.63) is 40.9 Å². The molecule has 2 N–H and O–H groups in total. The van der Waals surface area contributed by atoms with Crippen LogP contribution in [0.3, 0.4) is 0 Å².